The SMILES string of the molecule is [2H]OS(=O)(=O)OC[C@H]1OC=C[C@@H](OC(=O)CCCCCCCCCCCCC)[C@@H]1OC(=O)CCCCCCCCCCCCC. The Bertz CT molecular complexity index is 881. The van der Waals surface area contributed by atoms with E-state index in [2.05, 4.69) is 22.6 Å². The van der Waals surface area contributed by atoms with Crippen LogP contribution in [0.4, 0.5) is 0 Å². The Labute approximate surface area is 269 Å². The number of carbonyl (C=O) groups excluding carboxylic acids is 2. The maximum Gasteiger partial charge on any atom is 0.397 e. The number of hydrogen-bond donors (Lipinski definition) is 1. The summed E-state index contributed by atoms with van der Waals surface area (Å²) < 4.78 is 54.8. The zero-order valence-electron chi connectivity index (χ0n) is 28.6. The molecule has 1 aliphatic rings. The molecule has 9 nitrogen and oxygen atoms in total. The predicted molar refractivity (Wildman–Crippen MR) is 173 cm³/mol. The fraction of sp³-hybridized carbons (Fsp3) is 0.882. The molecular weight excluding hydrogens is 584 g/mol. The van der Waals surface area contributed by atoms with Crippen molar-refractivity contribution in [3.05, 3.63) is 12.3 Å². The van der Waals surface area contributed by atoms with Gasteiger partial charge in [-0.2, -0.15) is 8.42 Å². The smallest absolute Gasteiger partial charge is 0.397 e. The van der Waals surface area contributed by atoms with Gasteiger partial charge in [0.25, 0.3) is 0 Å². The van der Waals surface area contributed by atoms with Crippen LogP contribution >= 0.6 is 0 Å². The Morgan fingerprint density at radius 2 is 1.09 bits per heavy atom. The van der Waals surface area contributed by atoms with Gasteiger partial charge in [0.2, 0.25) is 1.43 Å². The summed E-state index contributed by atoms with van der Waals surface area (Å²) in [5, 5.41) is 0. The van der Waals surface area contributed by atoms with Crippen molar-refractivity contribution in [2.24, 2.45) is 0 Å². The molecule has 1 N–H and O–H groups in total. The molecule has 0 bridgehead atoms. The Morgan fingerprint density at radius 3 is 1.52 bits per heavy atom. The Kier molecular flexibility index (Phi) is 23.3. The van der Waals surface area contributed by atoms with E-state index in [1.165, 1.54) is 102 Å². The predicted octanol–water partition coefficient (Wildman–Crippen LogP) is 8.94. The fourth-order valence-electron chi connectivity index (χ4n) is 5.44. The zero-order valence-corrected chi connectivity index (χ0v) is 28.5. The van der Waals surface area contributed by atoms with Crippen LogP contribution in [0.1, 0.15) is 168 Å². The second kappa shape index (κ2) is 26.6. The molecule has 0 spiro atoms. The van der Waals surface area contributed by atoms with Crippen molar-refractivity contribution < 1.29 is 41.0 Å². The third kappa shape index (κ3) is 22.8. The summed E-state index contributed by atoms with van der Waals surface area (Å²) in [6.07, 6.45) is 25.7. The molecule has 0 saturated carbocycles. The molecule has 1 rings (SSSR count). The van der Waals surface area contributed by atoms with Crippen LogP contribution in [0.15, 0.2) is 12.3 Å². The molecule has 0 unspecified atom stereocenters. The van der Waals surface area contributed by atoms with Crippen molar-refractivity contribution in [3.63, 3.8) is 0 Å². The van der Waals surface area contributed by atoms with Crippen LogP contribution in [0, 0.1) is 0 Å². The summed E-state index contributed by atoms with van der Waals surface area (Å²) in [6.45, 7) is 3.87. The molecule has 44 heavy (non-hydrogen) atoms. The van der Waals surface area contributed by atoms with Crippen LogP contribution in [0.25, 0.3) is 1.43 Å². The third-order valence-electron chi connectivity index (χ3n) is 8.09. The third-order valence-corrected chi connectivity index (χ3v) is 8.52. The molecule has 0 aliphatic carbocycles. The number of rotatable bonds is 30. The molecule has 0 aromatic carbocycles. The summed E-state index contributed by atoms with van der Waals surface area (Å²) in [5.41, 5.74) is 0. The molecule has 0 fully saturated rings. The lowest BCUT2D eigenvalue weighted by atomic mass is 10.0. The molecular formula is C34H62O9S. The monoisotopic (exact) mass is 647 g/mol. The molecule has 0 aromatic rings. The average molecular weight is 648 g/mol. The van der Waals surface area contributed by atoms with Crippen molar-refractivity contribution in [2.45, 2.75) is 186 Å². The lowest BCUT2D eigenvalue weighted by molar-refractivity contribution is -0.178. The van der Waals surface area contributed by atoms with Gasteiger partial charge < -0.3 is 14.2 Å². The molecule has 0 saturated heterocycles. The minimum Gasteiger partial charge on any atom is -0.492 e. The first kappa shape index (κ1) is 38.5. The van der Waals surface area contributed by atoms with Gasteiger partial charge in [-0.1, -0.05) is 142 Å². The molecule has 0 amide bonds. The van der Waals surface area contributed by atoms with Crippen LogP contribution < -0.4 is 0 Å². The van der Waals surface area contributed by atoms with Crippen LogP contribution in [0.2, 0.25) is 0 Å². The summed E-state index contributed by atoms with van der Waals surface area (Å²) in [5.74, 6) is -0.901. The highest BCUT2D eigenvalue weighted by Crippen LogP contribution is 2.22. The van der Waals surface area contributed by atoms with Crippen molar-refractivity contribution in [2.75, 3.05) is 6.61 Å². The summed E-state index contributed by atoms with van der Waals surface area (Å²) >= 11 is 0. The Balaban J connectivity index is 2.44. The van der Waals surface area contributed by atoms with Crippen molar-refractivity contribution >= 4 is 22.3 Å². The van der Waals surface area contributed by atoms with Gasteiger partial charge in [0.05, 0.1) is 6.26 Å². The van der Waals surface area contributed by atoms with E-state index in [1.807, 2.05) is 0 Å². The van der Waals surface area contributed by atoms with Gasteiger partial charge in [-0.15, -0.1) is 0 Å². The topological polar surface area (TPSA) is 125 Å². The number of esters is 2. The van der Waals surface area contributed by atoms with Crippen molar-refractivity contribution in [3.8, 4) is 0 Å². The highest BCUT2D eigenvalue weighted by molar-refractivity contribution is 7.80. The zero-order chi connectivity index (χ0) is 33.0. The maximum absolute atomic E-state index is 12.7. The van der Waals surface area contributed by atoms with Crippen LogP contribution in [-0.4, -0.2) is 49.8 Å². The molecule has 0 aromatic heterocycles. The van der Waals surface area contributed by atoms with E-state index < -0.39 is 47.3 Å². The van der Waals surface area contributed by atoms with E-state index in [0.717, 1.165) is 38.5 Å². The molecule has 10 heteroatoms. The van der Waals surface area contributed by atoms with Gasteiger partial charge in [-0.25, -0.2) is 4.18 Å². The van der Waals surface area contributed by atoms with Crippen molar-refractivity contribution in [1.82, 2.24) is 0 Å². The van der Waals surface area contributed by atoms with E-state index in [9.17, 15) is 18.0 Å². The number of ether oxygens (including phenoxy) is 3. The Morgan fingerprint density at radius 1 is 0.682 bits per heavy atom. The van der Waals surface area contributed by atoms with Gasteiger partial charge >= 0.3 is 22.3 Å². The minimum absolute atomic E-state index is 0.193. The summed E-state index contributed by atoms with van der Waals surface area (Å²) in [7, 11) is -4.56. The highest BCUT2D eigenvalue weighted by atomic mass is 32.3. The van der Waals surface area contributed by atoms with E-state index in [-0.39, 0.29) is 12.8 Å². The van der Waals surface area contributed by atoms with Crippen LogP contribution in [0.3, 0.4) is 0 Å². The average Bonchev–Trinajstić information content (AvgIpc) is 3.02. The number of carbonyl (C=O) groups is 2. The first-order chi connectivity index (χ1) is 21.8. The van der Waals surface area contributed by atoms with Gasteiger partial charge in [-0.05, 0) is 18.9 Å². The maximum atomic E-state index is 12.7. The molecule has 1 aliphatic heterocycles. The quantitative estimate of drug-likeness (QED) is 0.0462. The lowest BCUT2D eigenvalue weighted by Crippen LogP contribution is -2.47. The second-order valence-electron chi connectivity index (χ2n) is 12.2. The fourth-order valence-corrected chi connectivity index (χ4v) is 5.75. The number of hydrogen-bond acceptors (Lipinski definition) is 9. The first-order valence-electron chi connectivity index (χ1n) is 18.0. The van der Waals surface area contributed by atoms with Crippen LogP contribution in [0.5, 0.6) is 0 Å². The molecule has 3 atom stereocenters. The highest BCUT2D eigenvalue weighted by Gasteiger charge is 2.39. The van der Waals surface area contributed by atoms with Gasteiger partial charge in [0.15, 0.2) is 18.3 Å². The van der Waals surface area contributed by atoms with E-state index in [4.69, 9.17) is 15.6 Å². The van der Waals surface area contributed by atoms with Gasteiger partial charge in [0, 0.05) is 12.8 Å². The van der Waals surface area contributed by atoms with E-state index in [0.29, 0.717) is 12.8 Å². The second-order valence-corrected chi connectivity index (χ2v) is 13.2. The number of unbranched alkanes of at least 4 members (excludes halogenated alkanes) is 20. The van der Waals surface area contributed by atoms with E-state index in [1.54, 1.807) is 0 Å². The summed E-state index contributed by atoms with van der Waals surface area (Å²) in [6, 6.07) is 0. The normalized spacial score (nSPS) is 18.5. The summed E-state index contributed by atoms with van der Waals surface area (Å²) in [4.78, 5) is 25.4. The Hall–Kier alpha value is -1.65. The molecule has 258 valence electrons. The lowest BCUT2D eigenvalue weighted by Gasteiger charge is -2.33. The van der Waals surface area contributed by atoms with Gasteiger partial charge in [-0.3, -0.25) is 14.1 Å². The van der Waals surface area contributed by atoms with Gasteiger partial charge in [0.1, 0.15) is 6.61 Å². The van der Waals surface area contributed by atoms with Crippen molar-refractivity contribution in [1.29, 1.82) is 1.43 Å². The minimum atomic E-state index is -4.56. The van der Waals surface area contributed by atoms with Crippen LogP contribution in [-0.2, 0) is 38.4 Å². The standard InChI is InChI=1S/C34H62O9S/c1-3-5-7-9-11-13-15-17-19-21-23-25-32(35)42-30-27-28-40-31(29-41-44(37,38)39)34(30)43-33(36)26-24-22-20-18-16-14-12-10-8-6-4-2/h27-28,30-31,34H,3-26,29H2,1-2H3,(H,37,38,39)/t30-,31-,34+/m1/s1/i/hD. The largest absolute Gasteiger partial charge is 0.492 e. The molecule has 0 radical (unpaired) electrons. The van der Waals surface area contributed by atoms with E-state index >= 15 is 0 Å². The first-order valence-corrected chi connectivity index (χ1v) is 18.9. The molecule has 1 heterocycles.